The zero-order chi connectivity index (χ0) is 18.7. The lowest BCUT2D eigenvalue weighted by atomic mass is 10.1. The first-order valence-electron chi connectivity index (χ1n) is 10.6. The molecule has 0 N–H and O–H groups in total. The van der Waals surface area contributed by atoms with Gasteiger partial charge in [0.15, 0.2) is 8.32 Å². The molecular weight excluding hydrogens is 372 g/mol. The molecule has 148 valence electrons. The summed E-state index contributed by atoms with van der Waals surface area (Å²) in [6.45, 7) is 4.66. The molecule has 0 amide bonds. The monoisotopic (exact) mass is 410 g/mol. The van der Waals surface area contributed by atoms with Crippen molar-refractivity contribution in [2.45, 2.75) is 89.8 Å². The summed E-state index contributed by atoms with van der Waals surface area (Å²) in [7, 11) is 0.579. The van der Waals surface area contributed by atoms with Crippen LogP contribution < -0.4 is 0 Å². The SMILES string of the molecule is CO[Si](C)(C)CCCCCCCCCCCc1ccc(C2=CCCS2)s1. The summed E-state index contributed by atoms with van der Waals surface area (Å²) in [6.07, 6.45) is 17.6. The van der Waals surface area contributed by atoms with E-state index < -0.39 is 8.32 Å². The van der Waals surface area contributed by atoms with Gasteiger partial charge in [-0.3, -0.25) is 0 Å². The van der Waals surface area contributed by atoms with Crippen molar-refractivity contribution >= 4 is 36.3 Å². The Bertz CT molecular complexity index is 536. The van der Waals surface area contributed by atoms with Crippen LogP contribution >= 0.6 is 23.1 Å². The van der Waals surface area contributed by atoms with Gasteiger partial charge in [-0.25, -0.2) is 0 Å². The summed E-state index contributed by atoms with van der Waals surface area (Å²) in [5.74, 6) is 1.27. The van der Waals surface area contributed by atoms with Crippen LogP contribution in [-0.2, 0) is 10.8 Å². The summed E-state index contributed by atoms with van der Waals surface area (Å²) in [5.41, 5.74) is 0. The Hall–Kier alpha value is -0.0331. The maximum absolute atomic E-state index is 5.62. The molecule has 1 aromatic heterocycles. The minimum atomic E-state index is -1.31. The van der Waals surface area contributed by atoms with Gasteiger partial charge in [0.25, 0.3) is 0 Å². The average Bonchev–Trinajstić information content (AvgIpc) is 3.31. The standard InChI is InChI=1S/C22H38OS2Si/c1-23-26(2,3)19-12-10-8-6-4-5-7-9-11-14-20-16-17-22(25-20)21-15-13-18-24-21/h15-17H,4-14,18-19H2,1-3H3. The number of allylic oxidation sites excluding steroid dienone is 1. The van der Waals surface area contributed by atoms with Gasteiger partial charge in [-0.15, -0.1) is 23.1 Å². The Morgan fingerprint density at radius 2 is 1.58 bits per heavy atom. The van der Waals surface area contributed by atoms with Gasteiger partial charge in [0.1, 0.15) is 0 Å². The van der Waals surface area contributed by atoms with Gasteiger partial charge < -0.3 is 4.43 Å². The minimum Gasteiger partial charge on any atom is -0.420 e. The van der Waals surface area contributed by atoms with Gasteiger partial charge in [-0.05, 0) is 50.5 Å². The van der Waals surface area contributed by atoms with Crippen LogP contribution in [0.3, 0.4) is 0 Å². The smallest absolute Gasteiger partial charge is 0.186 e. The lowest BCUT2D eigenvalue weighted by Crippen LogP contribution is -2.27. The lowest BCUT2D eigenvalue weighted by Gasteiger charge is -2.19. The van der Waals surface area contributed by atoms with Crippen molar-refractivity contribution in [2.24, 2.45) is 0 Å². The third-order valence-electron chi connectivity index (χ3n) is 5.36. The van der Waals surface area contributed by atoms with Crippen LogP contribution in [-0.4, -0.2) is 21.2 Å². The van der Waals surface area contributed by atoms with E-state index in [9.17, 15) is 0 Å². The second kappa shape index (κ2) is 12.4. The summed E-state index contributed by atoms with van der Waals surface area (Å²) in [6, 6.07) is 6.01. The number of aryl methyl sites for hydroxylation is 1. The highest BCUT2D eigenvalue weighted by Crippen LogP contribution is 2.37. The van der Waals surface area contributed by atoms with Crippen molar-refractivity contribution in [3.63, 3.8) is 0 Å². The highest BCUT2D eigenvalue weighted by Gasteiger charge is 2.19. The highest BCUT2D eigenvalue weighted by molar-refractivity contribution is 8.08. The van der Waals surface area contributed by atoms with E-state index >= 15 is 0 Å². The van der Waals surface area contributed by atoms with Crippen molar-refractivity contribution in [1.29, 1.82) is 0 Å². The third kappa shape index (κ3) is 8.77. The van der Waals surface area contributed by atoms with E-state index in [0.29, 0.717) is 0 Å². The molecule has 0 aromatic carbocycles. The first-order valence-corrected chi connectivity index (χ1v) is 15.5. The third-order valence-corrected chi connectivity index (χ3v) is 10.5. The molecule has 2 heterocycles. The van der Waals surface area contributed by atoms with Crippen LogP contribution in [0.1, 0.15) is 74.0 Å². The predicted octanol–water partition coefficient (Wildman–Crippen LogP) is 8.13. The van der Waals surface area contributed by atoms with Gasteiger partial charge >= 0.3 is 0 Å². The number of thioether (sulfide) groups is 1. The summed E-state index contributed by atoms with van der Waals surface area (Å²) < 4.78 is 5.62. The van der Waals surface area contributed by atoms with E-state index in [-0.39, 0.29) is 0 Å². The van der Waals surface area contributed by atoms with Crippen LogP contribution in [0.25, 0.3) is 4.91 Å². The molecule has 0 aliphatic carbocycles. The van der Waals surface area contributed by atoms with Crippen LogP contribution in [0.2, 0.25) is 19.1 Å². The molecule has 0 saturated carbocycles. The maximum Gasteiger partial charge on any atom is 0.186 e. The first kappa shape index (κ1) is 22.3. The summed E-state index contributed by atoms with van der Waals surface area (Å²) in [4.78, 5) is 4.60. The van der Waals surface area contributed by atoms with Crippen molar-refractivity contribution < 1.29 is 4.43 Å². The van der Waals surface area contributed by atoms with Crippen molar-refractivity contribution in [3.8, 4) is 0 Å². The number of thiophene rings is 1. The molecule has 0 saturated heterocycles. The molecule has 1 aromatic rings. The van der Waals surface area contributed by atoms with Crippen molar-refractivity contribution in [2.75, 3.05) is 12.9 Å². The Labute approximate surface area is 171 Å². The van der Waals surface area contributed by atoms with Gasteiger partial charge in [-0.2, -0.15) is 0 Å². The summed E-state index contributed by atoms with van der Waals surface area (Å²) in [5, 5.41) is 0. The molecule has 0 bridgehead atoms. The van der Waals surface area contributed by atoms with Gasteiger partial charge in [0, 0.05) is 27.5 Å². The first-order chi connectivity index (χ1) is 12.6. The Morgan fingerprint density at radius 3 is 2.19 bits per heavy atom. The Balaban J connectivity index is 1.40. The lowest BCUT2D eigenvalue weighted by molar-refractivity contribution is 0.400. The molecule has 26 heavy (non-hydrogen) atoms. The topological polar surface area (TPSA) is 9.23 Å². The quantitative estimate of drug-likeness (QED) is 0.226. The molecule has 0 spiro atoms. The second-order valence-corrected chi connectivity index (χ2v) is 14.8. The van der Waals surface area contributed by atoms with E-state index in [2.05, 4.69) is 31.3 Å². The Morgan fingerprint density at radius 1 is 0.923 bits per heavy atom. The van der Waals surface area contributed by atoms with Crippen LogP contribution in [0.4, 0.5) is 0 Å². The minimum absolute atomic E-state index is 1.25. The molecule has 1 aliphatic rings. The Kier molecular flexibility index (Phi) is 10.6. The second-order valence-electron chi connectivity index (χ2n) is 8.12. The average molecular weight is 411 g/mol. The van der Waals surface area contributed by atoms with Crippen LogP contribution in [0.15, 0.2) is 18.2 Å². The molecule has 1 nitrogen and oxygen atoms in total. The summed E-state index contributed by atoms with van der Waals surface area (Å²) >= 11 is 4.04. The number of rotatable bonds is 14. The van der Waals surface area contributed by atoms with E-state index in [4.69, 9.17) is 4.43 Å². The van der Waals surface area contributed by atoms with E-state index in [0.717, 1.165) is 0 Å². The zero-order valence-corrected chi connectivity index (χ0v) is 19.8. The van der Waals surface area contributed by atoms with Gasteiger partial charge in [0.05, 0.1) is 0 Å². The number of unbranched alkanes of at least 4 members (excludes halogenated alkanes) is 8. The molecule has 0 atom stereocenters. The number of hydrogen-bond acceptors (Lipinski definition) is 3. The molecule has 0 fully saturated rings. The van der Waals surface area contributed by atoms with E-state index in [1.807, 2.05) is 30.2 Å². The molecule has 2 rings (SSSR count). The van der Waals surface area contributed by atoms with Gasteiger partial charge in [0.2, 0.25) is 0 Å². The van der Waals surface area contributed by atoms with Crippen LogP contribution in [0.5, 0.6) is 0 Å². The molecular formula is C22H38OS2Si. The zero-order valence-electron chi connectivity index (χ0n) is 17.1. The van der Waals surface area contributed by atoms with E-state index in [1.54, 1.807) is 4.88 Å². The van der Waals surface area contributed by atoms with Crippen LogP contribution in [0, 0.1) is 0 Å². The molecule has 0 unspecified atom stereocenters. The van der Waals surface area contributed by atoms with Gasteiger partial charge in [-0.1, -0.05) is 57.4 Å². The maximum atomic E-state index is 5.62. The normalized spacial score (nSPS) is 14.8. The largest absolute Gasteiger partial charge is 0.420 e. The molecule has 0 radical (unpaired) electrons. The molecule has 1 aliphatic heterocycles. The predicted molar refractivity (Wildman–Crippen MR) is 124 cm³/mol. The fraction of sp³-hybridized carbons (Fsp3) is 0.727. The molecule has 4 heteroatoms. The van der Waals surface area contributed by atoms with Crippen molar-refractivity contribution in [1.82, 2.24) is 0 Å². The number of hydrogen-bond donors (Lipinski definition) is 0. The highest BCUT2D eigenvalue weighted by atomic mass is 32.2. The fourth-order valence-corrected chi connectivity index (χ4v) is 6.92. The van der Waals surface area contributed by atoms with E-state index in [1.165, 1.54) is 92.2 Å². The van der Waals surface area contributed by atoms with Crippen molar-refractivity contribution in [3.05, 3.63) is 28.0 Å². The fourth-order valence-electron chi connectivity index (χ4n) is 3.42.